The first kappa shape index (κ1) is 24.0. The molecule has 0 atom stereocenters. The number of pyridine rings is 1. The van der Waals surface area contributed by atoms with Crippen LogP contribution in [0.3, 0.4) is 0 Å². The Bertz CT molecular complexity index is 1270. The smallest absolute Gasteiger partial charge is 0.234 e. The van der Waals surface area contributed by atoms with Crippen molar-refractivity contribution in [2.45, 2.75) is 25.9 Å². The standard InChI is InChI=1S/C25H24BrN5O2S/c1-4-33-21-7-5-20(6-8-21)31-24(18-9-11-27-12-10-18)29-30-25(31)34-15-22(32)28-23-16(2)13-19(26)14-17(23)3/h5-14H,4,15H2,1-3H3,(H,28,32). The molecule has 1 amide bonds. The second-order valence-electron chi connectivity index (χ2n) is 7.56. The number of nitrogens with zero attached hydrogens (tertiary/aromatic N) is 4. The van der Waals surface area contributed by atoms with E-state index in [0.29, 0.717) is 17.6 Å². The first-order valence-electron chi connectivity index (χ1n) is 10.7. The van der Waals surface area contributed by atoms with E-state index in [9.17, 15) is 4.79 Å². The maximum Gasteiger partial charge on any atom is 0.234 e. The summed E-state index contributed by atoms with van der Waals surface area (Å²) < 4.78 is 8.51. The van der Waals surface area contributed by atoms with Crippen molar-refractivity contribution in [3.8, 4) is 22.8 Å². The number of halogens is 1. The Morgan fingerprint density at radius 2 is 1.74 bits per heavy atom. The molecule has 0 radical (unpaired) electrons. The summed E-state index contributed by atoms with van der Waals surface area (Å²) in [6.07, 6.45) is 3.44. The quantitative estimate of drug-likeness (QED) is 0.284. The number of carbonyl (C=O) groups is 1. The molecule has 0 aliphatic heterocycles. The zero-order chi connectivity index (χ0) is 24.1. The minimum absolute atomic E-state index is 0.106. The first-order valence-corrected chi connectivity index (χ1v) is 12.5. The van der Waals surface area contributed by atoms with Gasteiger partial charge < -0.3 is 10.1 Å². The highest BCUT2D eigenvalue weighted by molar-refractivity contribution is 9.10. The average molecular weight is 538 g/mol. The van der Waals surface area contributed by atoms with E-state index < -0.39 is 0 Å². The van der Waals surface area contributed by atoms with Gasteiger partial charge in [-0.2, -0.15) is 0 Å². The Labute approximate surface area is 211 Å². The lowest BCUT2D eigenvalue weighted by Gasteiger charge is -2.13. The molecule has 0 aliphatic carbocycles. The van der Waals surface area contributed by atoms with E-state index in [-0.39, 0.29) is 11.7 Å². The third-order valence-electron chi connectivity index (χ3n) is 5.07. The zero-order valence-corrected chi connectivity index (χ0v) is 21.5. The molecule has 0 bridgehead atoms. The molecule has 2 aromatic heterocycles. The van der Waals surface area contributed by atoms with E-state index >= 15 is 0 Å². The molecule has 2 heterocycles. The summed E-state index contributed by atoms with van der Waals surface area (Å²) in [5.74, 6) is 1.55. The number of nitrogens with one attached hydrogen (secondary N) is 1. The fraction of sp³-hybridized carbons (Fsp3) is 0.200. The Morgan fingerprint density at radius 1 is 1.06 bits per heavy atom. The van der Waals surface area contributed by atoms with Crippen LogP contribution < -0.4 is 10.1 Å². The van der Waals surface area contributed by atoms with Crippen molar-refractivity contribution < 1.29 is 9.53 Å². The second kappa shape index (κ2) is 10.8. The number of aromatic nitrogens is 4. The number of benzene rings is 2. The maximum atomic E-state index is 12.8. The molecule has 0 unspecified atom stereocenters. The van der Waals surface area contributed by atoms with Crippen LogP contribution in [0.1, 0.15) is 18.1 Å². The Hall–Kier alpha value is -3.17. The summed E-state index contributed by atoms with van der Waals surface area (Å²) in [5, 5.41) is 12.5. The number of hydrogen-bond acceptors (Lipinski definition) is 6. The summed E-state index contributed by atoms with van der Waals surface area (Å²) in [5.41, 5.74) is 4.60. The molecule has 9 heteroatoms. The summed E-state index contributed by atoms with van der Waals surface area (Å²) in [7, 11) is 0. The summed E-state index contributed by atoms with van der Waals surface area (Å²) >= 11 is 4.83. The highest BCUT2D eigenvalue weighted by Crippen LogP contribution is 2.30. The number of rotatable bonds is 8. The minimum Gasteiger partial charge on any atom is -0.494 e. The van der Waals surface area contributed by atoms with Crippen molar-refractivity contribution in [1.82, 2.24) is 19.7 Å². The van der Waals surface area contributed by atoms with Crippen LogP contribution >= 0.6 is 27.7 Å². The topological polar surface area (TPSA) is 81.9 Å². The predicted molar refractivity (Wildman–Crippen MR) is 139 cm³/mol. The van der Waals surface area contributed by atoms with Crippen LogP contribution in [0, 0.1) is 13.8 Å². The minimum atomic E-state index is -0.106. The van der Waals surface area contributed by atoms with E-state index in [1.165, 1.54) is 11.8 Å². The van der Waals surface area contributed by atoms with Crippen LogP contribution in [0.25, 0.3) is 17.1 Å². The van der Waals surface area contributed by atoms with Gasteiger partial charge in [-0.3, -0.25) is 14.3 Å². The molecule has 0 fully saturated rings. The molecule has 34 heavy (non-hydrogen) atoms. The van der Waals surface area contributed by atoms with Gasteiger partial charge in [0.1, 0.15) is 5.75 Å². The molecule has 0 aliphatic rings. The fourth-order valence-electron chi connectivity index (χ4n) is 3.56. The van der Waals surface area contributed by atoms with Gasteiger partial charge in [0.15, 0.2) is 11.0 Å². The molecule has 0 saturated heterocycles. The average Bonchev–Trinajstić information content (AvgIpc) is 3.25. The van der Waals surface area contributed by atoms with Gasteiger partial charge in [-0.15, -0.1) is 10.2 Å². The van der Waals surface area contributed by atoms with E-state index in [1.54, 1.807) is 12.4 Å². The van der Waals surface area contributed by atoms with E-state index in [0.717, 1.165) is 38.3 Å². The third kappa shape index (κ3) is 5.48. The highest BCUT2D eigenvalue weighted by Gasteiger charge is 2.18. The first-order chi connectivity index (χ1) is 16.5. The SMILES string of the molecule is CCOc1ccc(-n2c(SCC(=O)Nc3c(C)cc(Br)cc3C)nnc2-c2ccncc2)cc1. The largest absolute Gasteiger partial charge is 0.494 e. The number of ether oxygens (including phenoxy) is 1. The van der Waals surface area contributed by atoms with Crippen molar-refractivity contribution in [1.29, 1.82) is 0 Å². The Morgan fingerprint density at radius 3 is 2.38 bits per heavy atom. The lowest BCUT2D eigenvalue weighted by Crippen LogP contribution is -2.16. The lowest BCUT2D eigenvalue weighted by atomic mass is 10.1. The van der Waals surface area contributed by atoms with E-state index in [4.69, 9.17) is 4.74 Å². The molecular formula is C25H24BrN5O2S. The van der Waals surface area contributed by atoms with Crippen LogP contribution in [0.4, 0.5) is 5.69 Å². The fourth-order valence-corrected chi connectivity index (χ4v) is 4.99. The van der Waals surface area contributed by atoms with Gasteiger partial charge in [0.05, 0.1) is 12.4 Å². The monoisotopic (exact) mass is 537 g/mol. The number of amides is 1. The molecule has 0 saturated carbocycles. The van der Waals surface area contributed by atoms with Gasteiger partial charge in [0.25, 0.3) is 0 Å². The Kier molecular flexibility index (Phi) is 7.64. The molecular weight excluding hydrogens is 514 g/mol. The van der Waals surface area contributed by atoms with Gasteiger partial charge in [-0.05, 0) is 80.4 Å². The number of hydrogen-bond donors (Lipinski definition) is 1. The van der Waals surface area contributed by atoms with Crippen molar-refractivity contribution in [3.63, 3.8) is 0 Å². The highest BCUT2D eigenvalue weighted by atomic mass is 79.9. The molecule has 4 rings (SSSR count). The van der Waals surface area contributed by atoms with Crippen molar-refractivity contribution in [2.75, 3.05) is 17.7 Å². The number of aryl methyl sites for hydroxylation is 2. The maximum absolute atomic E-state index is 12.8. The molecule has 1 N–H and O–H groups in total. The molecule has 174 valence electrons. The van der Waals surface area contributed by atoms with Crippen LogP contribution in [0.5, 0.6) is 5.75 Å². The number of carbonyl (C=O) groups excluding carboxylic acids is 1. The summed E-state index contributed by atoms with van der Waals surface area (Å²) in [6.45, 7) is 6.50. The van der Waals surface area contributed by atoms with Crippen molar-refractivity contribution >= 4 is 39.3 Å². The summed E-state index contributed by atoms with van der Waals surface area (Å²) in [6, 6.07) is 15.5. The van der Waals surface area contributed by atoms with Crippen LogP contribution in [0.2, 0.25) is 0 Å². The molecule has 4 aromatic rings. The van der Waals surface area contributed by atoms with Crippen LogP contribution in [-0.2, 0) is 4.79 Å². The number of anilines is 1. The van der Waals surface area contributed by atoms with E-state index in [2.05, 4.69) is 36.4 Å². The molecule has 2 aromatic carbocycles. The zero-order valence-electron chi connectivity index (χ0n) is 19.1. The van der Waals surface area contributed by atoms with Crippen molar-refractivity contribution in [2.24, 2.45) is 0 Å². The second-order valence-corrected chi connectivity index (χ2v) is 9.41. The van der Waals surface area contributed by atoms with Gasteiger partial charge in [-0.1, -0.05) is 27.7 Å². The van der Waals surface area contributed by atoms with Gasteiger partial charge in [0, 0.05) is 33.8 Å². The normalized spacial score (nSPS) is 10.8. The van der Waals surface area contributed by atoms with Crippen LogP contribution in [-0.4, -0.2) is 38.0 Å². The van der Waals surface area contributed by atoms with Gasteiger partial charge in [0.2, 0.25) is 5.91 Å². The third-order valence-corrected chi connectivity index (χ3v) is 6.46. The molecule has 0 spiro atoms. The van der Waals surface area contributed by atoms with E-state index in [1.807, 2.05) is 73.9 Å². The lowest BCUT2D eigenvalue weighted by molar-refractivity contribution is -0.113. The molecule has 7 nitrogen and oxygen atoms in total. The number of thioether (sulfide) groups is 1. The van der Waals surface area contributed by atoms with Gasteiger partial charge >= 0.3 is 0 Å². The van der Waals surface area contributed by atoms with Crippen LogP contribution in [0.15, 0.2) is 70.6 Å². The van der Waals surface area contributed by atoms with Crippen molar-refractivity contribution in [3.05, 3.63) is 76.5 Å². The summed E-state index contributed by atoms with van der Waals surface area (Å²) in [4.78, 5) is 16.9. The van der Waals surface area contributed by atoms with Gasteiger partial charge in [-0.25, -0.2) is 0 Å². The predicted octanol–water partition coefficient (Wildman–Crippen LogP) is 5.84. The Balaban J connectivity index is 1.59.